The van der Waals surface area contributed by atoms with Crippen LogP contribution in [0, 0.1) is 39.0 Å². The van der Waals surface area contributed by atoms with Gasteiger partial charge in [-0.25, -0.2) is 0 Å². The van der Waals surface area contributed by atoms with E-state index in [1.54, 1.807) is 17.6 Å². The van der Waals surface area contributed by atoms with Gasteiger partial charge in [0.25, 0.3) is 0 Å². The average Bonchev–Trinajstić information content (AvgIpc) is 3.58. The fourth-order valence-electron chi connectivity index (χ4n) is 8.80. The van der Waals surface area contributed by atoms with Gasteiger partial charge in [0.2, 0.25) is 0 Å². The van der Waals surface area contributed by atoms with E-state index in [9.17, 15) is 0 Å². The Morgan fingerprint density at radius 1 is 0.585 bits per heavy atom. The molecule has 1 atom stereocenters. The van der Waals surface area contributed by atoms with E-state index in [4.69, 9.17) is 0 Å². The molecular weight excluding hydrogens is 763 g/mol. The van der Waals surface area contributed by atoms with Crippen molar-refractivity contribution >= 4 is 3.21 Å². The molecule has 4 aromatic carbocycles. The van der Waals surface area contributed by atoms with Crippen LogP contribution < -0.4 is 24.8 Å². The summed E-state index contributed by atoms with van der Waals surface area (Å²) in [5.74, 6) is 0.488. The Morgan fingerprint density at radius 3 is 1.36 bits per heavy atom. The summed E-state index contributed by atoms with van der Waals surface area (Å²) in [6.07, 6.45) is 7.81. The summed E-state index contributed by atoms with van der Waals surface area (Å²) in [5, 5.41) is 0. The molecule has 0 aliphatic heterocycles. The summed E-state index contributed by atoms with van der Waals surface area (Å²) in [6.45, 7) is 33.1. The molecule has 0 saturated carbocycles. The van der Waals surface area contributed by atoms with Gasteiger partial charge in [-0.3, -0.25) is 0 Å². The first-order valence-electron chi connectivity index (χ1n) is 19.4. The minimum atomic E-state index is -2.96. The van der Waals surface area contributed by atoms with E-state index in [-0.39, 0.29) is 41.1 Å². The number of hydrogen-bond acceptors (Lipinski definition) is 0. The van der Waals surface area contributed by atoms with Crippen molar-refractivity contribution in [2.24, 2.45) is 11.3 Å². The monoisotopic (exact) mass is 822 g/mol. The molecule has 2 aliphatic rings. The molecule has 0 N–H and O–H groups in total. The maximum absolute atomic E-state index is 2.96. The van der Waals surface area contributed by atoms with Crippen LogP contribution in [0.15, 0.2) is 93.8 Å². The number of benzene rings is 4. The third-order valence-electron chi connectivity index (χ3n) is 11.4. The first-order valence-corrected chi connectivity index (χ1v) is 23.3. The molecule has 3 heteroatoms. The second-order valence-corrected chi connectivity index (χ2v) is 24.9. The molecule has 0 radical (unpaired) electrons. The van der Waals surface area contributed by atoms with Crippen LogP contribution in [0.1, 0.15) is 141 Å². The first-order chi connectivity index (χ1) is 23.8. The van der Waals surface area contributed by atoms with Crippen LogP contribution in [0.25, 0.3) is 11.1 Å². The van der Waals surface area contributed by atoms with Crippen LogP contribution in [-0.2, 0) is 32.1 Å². The molecule has 0 fully saturated rings. The standard InChI is InChI=1S/C23H29.C15H14.C12H19.2ClH.Zr/c1-14-9-16-11-17-10-15(2)21(23(6,7)8)13-19(17)18(16)12-20(14)22(3,4)5;1-12-3-7-14(8-4-12)11-15-9-5-13(2)6-10-15;1-5-6-10-7-8-11(9-10)12(2,3)4;;;/h9-13H,1-8H3;3-10H,1-2H3;8-10H,5-6H2,1-4H3;2*1H;/q;;;;;+2/p-2. The molecule has 0 amide bonds. The molecule has 0 spiro atoms. The number of halogens is 2. The summed E-state index contributed by atoms with van der Waals surface area (Å²) in [7, 11) is 0. The Labute approximate surface area is 343 Å². The van der Waals surface area contributed by atoms with Gasteiger partial charge >= 0.3 is 321 Å². The van der Waals surface area contributed by atoms with Crippen molar-refractivity contribution in [2.45, 2.75) is 124 Å². The molecule has 53 heavy (non-hydrogen) atoms. The SMILES string of the molecule is CCCC1C=C(C(C)(C)C)C=[C]1[Zr+2](=[C](c1ccc(C)cc1)c1ccc(C)cc1)[CH]1c2cc(C)c(C(C)(C)C)cc2-c2cc(C(C)(C)C)c(C)cc21.[Cl-].[Cl-]. The average molecular weight is 825 g/mol. The van der Waals surface area contributed by atoms with E-state index < -0.39 is 21.3 Å². The number of fused-ring (bicyclic) bond motifs is 3. The van der Waals surface area contributed by atoms with Crippen LogP contribution in [0.2, 0.25) is 0 Å². The second kappa shape index (κ2) is 16.0. The van der Waals surface area contributed by atoms with Crippen molar-refractivity contribution in [3.63, 3.8) is 0 Å². The van der Waals surface area contributed by atoms with Crippen LogP contribution in [-0.4, -0.2) is 3.21 Å². The molecular formula is C50H62Cl2Zr. The fraction of sp³-hybridized carbons (Fsp3) is 0.420. The van der Waals surface area contributed by atoms with Crippen LogP contribution in [0.3, 0.4) is 0 Å². The van der Waals surface area contributed by atoms with E-state index in [1.165, 1.54) is 74.0 Å². The van der Waals surface area contributed by atoms with E-state index in [0.29, 0.717) is 9.54 Å². The second-order valence-electron chi connectivity index (χ2n) is 18.8. The van der Waals surface area contributed by atoms with Crippen molar-refractivity contribution in [3.8, 4) is 11.1 Å². The third kappa shape index (κ3) is 8.59. The zero-order valence-corrected chi connectivity index (χ0v) is 38.9. The van der Waals surface area contributed by atoms with Gasteiger partial charge < -0.3 is 24.8 Å². The summed E-state index contributed by atoms with van der Waals surface area (Å²) in [5.41, 5.74) is 19.2. The minimum absolute atomic E-state index is 0. The van der Waals surface area contributed by atoms with Gasteiger partial charge in [-0.05, 0) is 0 Å². The summed E-state index contributed by atoms with van der Waals surface area (Å²) in [6, 6.07) is 29.6. The number of rotatable bonds is 6. The predicted octanol–water partition coefficient (Wildman–Crippen LogP) is 7.77. The van der Waals surface area contributed by atoms with Crippen LogP contribution in [0.5, 0.6) is 0 Å². The molecule has 280 valence electrons. The third-order valence-corrected chi connectivity index (χ3v) is 19.9. The van der Waals surface area contributed by atoms with Crippen molar-refractivity contribution in [1.82, 2.24) is 0 Å². The van der Waals surface area contributed by atoms with E-state index in [0.717, 1.165) is 0 Å². The van der Waals surface area contributed by atoms with Gasteiger partial charge in [0.1, 0.15) is 0 Å². The maximum atomic E-state index is 2.72. The van der Waals surface area contributed by atoms with Crippen molar-refractivity contribution < 1.29 is 46.1 Å². The molecule has 0 bridgehead atoms. The molecule has 0 aromatic heterocycles. The van der Waals surface area contributed by atoms with E-state index in [2.05, 4.69) is 182 Å². The van der Waals surface area contributed by atoms with Crippen LogP contribution in [0.4, 0.5) is 0 Å². The molecule has 0 saturated heterocycles. The number of allylic oxidation sites excluding steroid dienone is 4. The largest absolute Gasteiger partial charge is 1.00 e. The predicted molar refractivity (Wildman–Crippen MR) is 220 cm³/mol. The van der Waals surface area contributed by atoms with Gasteiger partial charge in [-0.15, -0.1) is 0 Å². The molecule has 6 rings (SSSR count). The zero-order valence-electron chi connectivity index (χ0n) is 34.9. The minimum Gasteiger partial charge on any atom is -1.00 e. The van der Waals surface area contributed by atoms with Crippen LogP contribution >= 0.6 is 0 Å². The van der Waals surface area contributed by atoms with Gasteiger partial charge in [0.15, 0.2) is 0 Å². The maximum Gasteiger partial charge on any atom is -1.00 e. The first kappa shape index (κ1) is 43.4. The summed E-state index contributed by atoms with van der Waals surface area (Å²) < 4.78 is 3.81. The van der Waals surface area contributed by atoms with Gasteiger partial charge in [0, 0.05) is 0 Å². The molecule has 0 nitrogen and oxygen atoms in total. The normalized spacial score (nSPS) is 15.4. The topological polar surface area (TPSA) is 0 Å². The smallest absolute Gasteiger partial charge is 1.00 e. The van der Waals surface area contributed by atoms with Gasteiger partial charge in [-0.1, -0.05) is 0 Å². The summed E-state index contributed by atoms with van der Waals surface area (Å²) in [4.78, 5) is 0. The van der Waals surface area contributed by atoms with E-state index >= 15 is 0 Å². The Balaban J connectivity index is 0.00000314. The number of hydrogen-bond donors (Lipinski definition) is 0. The Hall–Kier alpha value is -2.31. The molecule has 1 unspecified atom stereocenters. The summed E-state index contributed by atoms with van der Waals surface area (Å²) >= 11 is -2.96. The van der Waals surface area contributed by atoms with Gasteiger partial charge in [-0.2, -0.15) is 0 Å². The Morgan fingerprint density at radius 2 is 1.00 bits per heavy atom. The molecule has 0 heterocycles. The molecule has 2 aliphatic carbocycles. The Kier molecular flexibility index (Phi) is 13.1. The van der Waals surface area contributed by atoms with Gasteiger partial charge in [0.05, 0.1) is 0 Å². The van der Waals surface area contributed by atoms with Crippen molar-refractivity contribution in [2.75, 3.05) is 0 Å². The zero-order chi connectivity index (χ0) is 37.2. The van der Waals surface area contributed by atoms with Crippen molar-refractivity contribution in [3.05, 3.63) is 149 Å². The Bertz CT molecular complexity index is 1950. The fourth-order valence-corrected chi connectivity index (χ4v) is 18.4. The quantitative estimate of drug-likeness (QED) is 0.187. The number of aryl methyl sites for hydroxylation is 4. The van der Waals surface area contributed by atoms with Crippen molar-refractivity contribution in [1.29, 1.82) is 0 Å². The van der Waals surface area contributed by atoms with E-state index in [1.807, 2.05) is 0 Å². The molecule has 4 aromatic rings.